The third kappa shape index (κ3) is 4.09. The van der Waals surface area contributed by atoms with Gasteiger partial charge < -0.3 is 11.1 Å². The smallest absolute Gasteiger partial charge is 0.285 e. The normalized spacial score (nSPS) is 11.9. The van der Waals surface area contributed by atoms with Gasteiger partial charge in [-0.05, 0) is 24.0 Å². The molecule has 1 atom stereocenters. The van der Waals surface area contributed by atoms with Gasteiger partial charge in [-0.25, -0.2) is 4.39 Å². The Hall–Kier alpha value is -1.83. The first-order chi connectivity index (χ1) is 9.36. The summed E-state index contributed by atoms with van der Waals surface area (Å²) in [6.07, 6.45) is 1.95. The number of rotatable bonds is 6. The van der Waals surface area contributed by atoms with Gasteiger partial charge in [-0.15, -0.1) is 0 Å². The number of carbonyl (C=O) groups excluding carboxylic acids is 1. The van der Waals surface area contributed by atoms with Gasteiger partial charge in [0.25, 0.3) is 11.6 Å². The molecule has 0 heterocycles. The van der Waals surface area contributed by atoms with Crippen molar-refractivity contribution in [1.29, 1.82) is 0 Å². The van der Waals surface area contributed by atoms with Crippen LogP contribution in [0.15, 0.2) is 12.1 Å². The summed E-state index contributed by atoms with van der Waals surface area (Å²) < 4.78 is 13.2. The Labute approximate surface area is 120 Å². The number of nitrogens with zero attached hydrogens (tertiary/aromatic N) is 1. The van der Waals surface area contributed by atoms with Crippen LogP contribution in [0, 0.1) is 21.8 Å². The zero-order valence-corrected chi connectivity index (χ0v) is 12.0. The number of benzene rings is 1. The maximum absolute atomic E-state index is 13.2. The maximum Gasteiger partial charge on any atom is 0.285 e. The Bertz CT molecular complexity index is 525. The number of hydrogen-bond donors (Lipinski definition) is 2. The molecule has 0 spiro atoms. The second-order valence-corrected chi connectivity index (χ2v) is 5.33. The predicted octanol–water partition coefficient (Wildman–Crippen LogP) is 2.04. The molecule has 8 heteroatoms. The number of anilines is 1. The number of carbonyl (C=O) groups is 1. The quantitative estimate of drug-likeness (QED) is 0.476. The van der Waals surface area contributed by atoms with Crippen LogP contribution in [-0.4, -0.2) is 29.4 Å². The number of amides is 1. The Morgan fingerprint density at radius 2 is 2.25 bits per heavy atom. The highest BCUT2D eigenvalue weighted by atomic mass is 32.2. The van der Waals surface area contributed by atoms with Crippen molar-refractivity contribution in [2.75, 3.05) is 24.3 Å². The third-order valence-corrected chi connectivity index (χ3v) is 3.52. The van der Waals surface area contributed by atoms with E-state index in [-0.39, 0.29) is 17.2 Å². The highest BCUT2D eigenvalue weighted by Gasteiger charge is 2.23. The minimum Gasteiger partial charge on any atom is -0.396 e. The van der Waals surface area contributed by atoms with E-state index in [0.29, 0.717) is 12.6 Å². The molecule has 0 aliphatic rings. The monoisotopic (exact) mass is 301 g/mol. The Morgan fingerprint density at radius 3 is 2.80 bits per heavy atom. The van der Waals surface area contributed by atoms with Crippen LogP contribution in [0.5, 0.6) is 0 Å². The number of nitrogens with one attached hydrogen (secondary N) is 1. The number of thioether (sulfide) groups is 1. The summed E-state index contributed by atoms with van der Waals surface area (Å²) in [6, 6.07) is 1.65. The Morgan fingerprint density at radius 1 is 1.60 bits per heavy atom. The van der Waals surface area contributed by atoms with Gasteiger partial charge in [0.05, 0.1) is 16.7 Å². The minimum atomic E-state index is -0.913. The van der Waals surface area contributed by atoms with Crippen molar-refractivity contribution in [2.45, 2.75) is 6.92 Å². The molecule has 1 unspecified atom stereocenters. The lowest BCUT2D eigenvalue weighted by Crippen LogP contribution is -2.29. The van der Waals surface area contributed by atoms with E-state index in [1.54, 1.807) is 11.8 Å². The van der Waals surface area contributed by atoms with E-state index >= 15 is 0 Å². The van der Waals surface area contributed by atoms with E-state index in [2.05, 4.69) is 5.32 Å². The molecule has 0 aliphatic heterocycles. The van der Waals surface area contributed by atoms with E-state index < -0.39 is 22.3 Å². The van der Waals surface area contributed by atoms with Crippen molar-refractivity contribution >= 4 is 29.0 Å². The summed E-state index contributed by atoms with van der Waals surface area (Å²) in [5.74, 6) is -0.459. The van der Waals surface area contributed by atoms with Gasteiger partial charge in [0.2, 0.25) is 0 Å². The standard InChI is InChI=1S/C12H16FN3O3S/c1-7(6-20-2)5-15-12(17)8-3-10(14)9(13)4-11(8)16(18)19/h3-4,7H,5-6,14H2,1-2H3,(H,15,17). The fourth-order valence-corrected chi connectivity index (χ4v) is 2.30. The molecule has 0 aromatic heterocycles. The van der Waals surface area contributed by atoms with Crippen molar-refractivity contribution in [3.8, 4) is 0 Å². The number of nitro benzene ring substituents is 1. The fourth-order valence-electron chi connectivity index (χ4n) is 1.62. The van der Waals surface area contributed by atoms with Gasteiger partial charge in [0.1, 0.15) is 5.56 Å². The summed E-state index contributed by atoms with van der Waals surface area (Å²) >= 11 is 1.64. The third-order valence-electron chi connectivity index (χ3n) is 2.62. The van der Waals surface area contributed by atoms with Gasteiger partial charge in [0.15, 0.2) is 5.82 Å². The van der Waals surface area contributed by atoms with Crippen LogP contribution >= 0.6 is 11.8 Å². The molecule has 0 fully saturated rings. The van der Waals surface area contributed by atoms with Crippen molar-refractivity contribution in [1.82, 2.24) is 5.32 Å². The first-order valence-electron chi connectivity index (χ1n) is 5.87. The molecule has 1 rings (SSSR count). The molecule has 6 nitrogen and oxygen atoms in total. The Balaban J connectivity index is 2.92. The van der Waals surface area contributed by atoms with Crippen molar-refractivity contribution in [3.05, 3.63) is 33.6 Å². The van der Waals surface area contributed by atoms with E-state index in [4.69, 9.17) is 5.73 Å². The van der Waals surface area contributed by atoms with Crippen molar-refractivity contribution in [2.24, 2.45) is 5.92 Å². The molecule has 20 heavy (non-hydrogen) atoms. The lowest BCUT2D eigenvalue weighted by atomic mass is 10.1. The van der Waals surface area contributed by atoms with Crippen LogP contribution in [0.2, 0.25) is 0 Å². The largest absolute Gasteiger partial charge is 0.396 e. The molecule has 0 saturated heterocycles. The molecule has 0 saturated carbocycles. The average molecular weight is 301 g/mol. The summed E-state index contributed by atoms with van der Waals surface area (Å²) in [5.41, 5.74) is 4.23. The number of hydrogen-bond acceptors (Lipinski definition) is 5. The molecule has 0 radical (unpaired) electrons. The molecular weight excluding hydrogens is 285 g/mol. The maximum atomic E-state index is 13.2. The molecule has 0 aliphatic carbocycles. The topological polar surface area (TPSA) is 98.3 Å². The first kappa shape index (κ1) is 16.2. The van der Waals surface area contributed by atoms with Crippen LogP contribution in [0.4, 0.5) is 15.8 Å². The summed E-state index contributed by atoms with van der Waals surface area (Å²) in [4.78, 5) is 22.0. The van der Waals surface area contributed by atoms with Crippen molar-refractivity contribution in [3.63, 3.8) is 0 Å². The molecule has 1 aromatic rings. The summed E-state index contributed by atoms with van der Waals surface area (Å²) in [5, 5.41) is 13.4. The summed E-state index contributed by atoms with van der Waals surface area (Å²) in [6.45, 7) is 2.33. The number of nitro groups is 1. The highest BCUT2D eigenvalue weighted by molar-refractivity contribution is 7.98. The molecule has 1 amide bonds. The van der Waals surface area contributed by atoms with Crippen LogP contribution in [0.3, 0.4) is 0 Å². The van der Waals surface area contributed by atoms with Gasteiger partial charge in [-0.3, -0.25) is 14.9 Å². The van der Waals surface area contributed by atoms with Crippen LogP contribution < -0.4 is 11.1 Å². The van der Waals surface area contributed by atoms with Crippen LogP contribution in [-0.2, 0) is 0 Å². The van der Waals surface area contributed by atoms with Gasteiger partial charge in [0, 0.05) is 6.54 Å². The van der Waals surface area contributed by atoms with Crippen LogP contribution in [0.25, 0.3) is 0 Å². The predicted molar refractivity (Wildman–Crippen MR) is 77.3 cm³/mol. The van der Waals surface area contributed by atoms with E-state index in [1.165, 1.54) is 0 Å². The van der Waals surface area contributed by atoms with Gasteiger partial charge in [-0.1, -0.05) is 6.92 Å². The summed E-state index contributed by atoms with van der Waals surface area (Å²) in [7, 11) is 0. The lowest BCUT2D eigenvalue weighted by Gasteiger charge is -2.11. The number of nitrogens with two attached hydrogens (primary N) is 1. The number of halogens is 1. The second-order valence-electron chi connectivity index (χ2n) is 4.42. The highest BCUT2D eigenvalue weighted by Crippen LogP contribution is 2.24. The van der Waals surface area contributed by atoms with E-state index in [9.17, 15) is 19.3 Å². The molecule has 0 bridgehead atoms. The zero-order valence-electron chi connectivity index (χ0n) is 11.2. The fraction of sp³-hybridized carbons (Fsp3) is 0.417. The Kier molecular flexibility index (Phi) is 5.75. The molecule has 1 aromatic carbocycles. The molecule has 110 valence electrons. The molecule has 3 N–H and O–H groups in total. The SMILES string of the molecule is CSCC(C)CNC(=O)c1cc(N)c(F)cc1[N+](=O)[O-]. The lowest BCUT2D eigenvalue weighted by molar-refractivity contribution is -0.385. The van der Waals surface area contributed by atoms with Crippen LogP contribution in [0.1, 0.15) is 17.3 Å². The van der Waals surface area contributed by atoms with E-state index in [0.717, 1.165) is 11.8 Å². The molecular formula is C12H16FN3O3S. The van der Waals surface area contributed by atoms with Crippen molar-refractivity contribution < 1.29 is 14.1 Å². The zero-order chi connectivity index (χ0) is 15.3. The van der Waals surface area contributed by atoms with Gasteiger partial charge in [-0.2, -0.15) is 11.8 Å². The van der Waals surface area contributed by atoms with E-state index in [1.807, 2.05) is 13.2 Å². The average Bonchev–Trinajstić information content (AvgIpc) is 2.38. The van der Waals surface area contributed by atoms with Gasteiger partial charge >= 0.3 is 0 Å². The minimum absolute atomic E-state index is 0.228. The number of nitrogen functional groups attached to an aromatic ring is 1. The second kappa shape index (κ2) is 7.09. The first-order valence-corrected chi connectivity index (χ1v) is 7.26.